The molecule has 0 aliphatic heterocycles. The lowest BCUT2D eigenvalue weighted by molar-refractivity contribution is -0.145. The molecule has 0 saturated carbocycles. The Morgan fingerprint density at radius 2 is 1.82 bits per heavy atom. The number of benzene rings is 1. The third-order valence-corrected chi connectivity index (χ3v) is 1.85. The molecule has 0 fully saturated rings. The van der Waals surface area contributed by atoms with Gasteiger partial charge in [-0.15, -0.1) is 0 Å². The van der Waals surface area contributed by atoms with Crippen molar-refractivity contribution in [3.63, 3.8) is 0 Å². The van der Waals surface area contributed by atoms with Crippen molar-refractivity contribution in [2.45, 2.75) is 6.92 Å². The van der Waals surface area contributed by atoms with Crippen LogP contribution in [0.15, 0.2) is 36.9 Å². The van der Waals surface area contributed by atoms with Gasteiger partial charge in [-0.1, -0.05) is 12.7 Å². The molecule has 0 saturated heterocycles. The first-order valence-electron chi connectivity index (χ1n) is 5.38. The molecular formula is C13H16O4. The SMILES string of the molecule is C=CCOc1ccc(OCC(=O)OCC)cc1. The van der Waals surface area contributed by atoms with Gasteiger partial charge in [0.25, 0.3) is 0 Å². The third-order valence-electron chi connectivity index (χ3n) is 1.85. The first-order chi connectivity index (χ1) is 8.26. The molecule has 0 spiro atoms. The van der Waals surface area contributed by atoms with Crippen LogP contribution in [-0.4, -0.2) is 25.8 Å². The average molecular weight is 236 g/mol. The van der Waals surface area contributed by atoms with Crippen molar-refractivity contribution in [2.24, 2.45) is 0 Å². The fourth-order valence-corrected chi connectivity index (χ4v) is 1.13. The maximum Gasteiger partial charge on any atom is 0.344 e. The Bertz CT molecular complexity index is 356. The van der Waals surface area contributed by atoms with E-state index in [4.69, 9.17) is 14.2 Å². The summed E-state index contributed by atoms with van der Waals surface area (Å²) in [7, 11) is 0. The molecule has 0 aliphatic carbocycles. The zero-order valence-electron chi connectivity index (χ0n) is 9.85. The Labute approximate surface area is 101 Å². The molecule has 1 aromatic carbocycles. The van der Waals surface area contributed by atoms with Crippen LogP contribution in [0.5, 0.6) is 11.5 Å². The largest absolute Gasteiger partial charge is 0.490 e. The summed E-state index contributed by atoms with van der Waals surface area (Å²) in [4.78, 5) is 11.0. The highest BCUT2D eigenvalue weighted by Crippen LogP contribution is 2.17. The molecule has 4 heteroatoms. The summed E-state index contributed by atoms with van der Waals surface area (Å²) in [5.74, 6) is 0.955. The van der Waals surface area contributed by atoms with Gasteiger partial charge in [0.1, 0.15) is 18.1 Å². The minimum Gasteiger partial charge on any atom is -0.490 e. The second-order valence-corrected chi connectivity index (χ2v) is 3.16. The number of carbonyl (C=O) groups excluding carboxylic acids is 1. The molecule has 92 valence electrons. The number of esters is 1. The van der Waals surface area contributed by atoms with E-state index in [2.05, 4.69) is 6.58 Å². The van der Waals surface area contributed by atoms with Gasteiger partial charge in [-0.2, -0.15) is 0 Å². The van der Waals surface area contributed by atoms with E-state index < -0.39 is 0 Å². The molecule has 0 atom stereocenters. The fourth-order valence-electron chi connectivity index (χ4n) is 1.13. The standard InChI is InChI=1S/C13H16O4/c1-3-9-16-11-5-7-12(8-6-11)17-10-13(14)15-4-2/h3,5-8H,1,4,9-10H2,2H3. The van der Waals surface area contributed by atoms with E-state index in [1.165, 1.54) is 0 Å². The van der Waals surface area contributed by atoms with E-state index in [1.54, 1.807) is 37.3 Å². The number of carbonyl (C=O) groups is 1. The lowest BCUT2D eigenvalue weighted by atomic mass is 10.3. The maximum absolute atomic E-state index is 11.0. The van der Waals surface area contributed by atoms with Crippen molar-refractivity contribution >= 4 is 5.97 Å². The lowest BCUT2D eigenvalue weighted by Gasteiger charge is -2.07. The Balaban J connectivity index is 2.39. The van der Waals surface area contributed by atoms with Crippen molar-refractivity contribution in [3.8, 4) is 11.5 Å². The van der Waals surface area contributed by atoms with Crippen molar-refractivity contribution in [2.75, 3.05) is 19.8 Å². The smallest absolute Gasteiger partial charge is 0.344 e. The van der Waals surface area contributed by atoms with Crippen LogP contribution in [0.4, 0.5) is 0 Å². The molecule has 0 unspecified atom stereocenters. The van der Waals surface area contributed by atoms with Crippen molar-refractivity contribution < 1.29 is 19.0 Å². The molecule has 0 radical (unpaired) electrons. The molecule has 4 nitrogen and oxygen atoms in total. The quantitative estimate of drug-likeness (QED) is 0.537. The van der Waals surface area contributed by atoms with Crippen LogP contribution in [-0.2, 0) is 9.53 Å². The van der Waals surface area contributed by atoms with Crippen LogP contribution in [0.25, 0.3) is 0 Å². The monoisotopic (exact) mass is 236 g/mol. The van der Waals surface area contributed by atoms with E-state index in [0.717, 1.165) is 5.75 Å². The minimum atomic E-state index is -0.375. The summed E-state index contributed by atoms with van der Waals surface area (Å²) in [5, 5.41) is 0. The highest BCUT2D eigenvalue weighted by molar-refractivity contribution is 5.71. The van der Waals surface area contributed by atoms with Gasteiger partial charge in [0.2, 0.25) is 0 Å². The summed E-state index contributed by atoms with van der Waals surface area (Å²) >= 11 is 0. The zero-order valence-corrected chi connectivity index (χ0v) is 9.85. The Hall–Kier alpha value is -1.97. The first kappa shape index (κ1) is 13.1. The fraction of sp³-hybridized carbons (Fsp3) is 0.308. The minimum absolute atomic E-state index is 0.0826. The Morgan fingerprint density at radius 3 is 2.35 bits per heavy atom. The van der Waals surface area contributed by atoms with E-state index >= 15 is 0 Å². The van der Waals surface area contributed by atoms with Gasteiger partial charge >= 0.3 is 5.97 Å². The van der Waals surface area contributed by atoms with Crippen molar-refractivity contribution in [3.05, 3.63) is 36.9 Å². The van der Waals surface area contributed by atoms with Gasteiger partial charge in [-0.05, 0) is 31.2 Å². The van der Waals surface area contributed by atoms with Gasteiger partial charge in [0.05, 0.1) is 6.61 Å². The van der Waals surface area contributed by atoms with Crippen molar-refractivity contribution in [1.29, 1.82) is 0 Å². The zero-order chi connectivity index (χ0) is 12.5. The molecule has 1 rings (SSSR count). The van der Waals surface area contributed by atoms with E-state index in [1.807, 2.05) is 0 Å². The summed E-state index contributed by atoms with van der Waals surface area (Å²) in [6, 6.07) is 7.00. The summed E-state index contributed by atoms with van der Waals surface area (Å²) in [6.07, 6.45) is 1.67. The molecule has 0 N–H and O–H groups in total. The summed E-state index contributed by atoms with van der Waals surface area (Å²) < 4.78 is 15.3. The van der Waals surface area contributed by atoms with Crippen LogP contribution in [0, 0.1) is 0 Å². The van der Waals surface area contributed by atoms with Crippen LogP contribution in [0.2, 0.25) is 0 Å². The topological polar surface area (TPSA) is 44.8 Å². The van der Waals surface area contributed by atoms with Crippen molar-refractivity contribution in [1.82, 2.24) is 0 Å². The van der Waals surface area contributed by atoms with Gasteiger partial charge in [-0.3, -0.25) is 0 Å². The number of hydrogen-bond acceptors (Lipinski definition) is 4. The highest BCUT2D eigenvalue weighted by Gasteiger charge is 2.02. The normalized spacial score (nSPS) is 9.47. The van der Waals surface area contributed by atoms with Crippen LogP contribution in [0.3, 0.4) is 0 Å². The van der Waals surface area contributed by atoms with Gasteiger partial charge in [-0.25, -0.2) is 4.79 Å². The van der Waals surface area contributed by atoms with Crippen LogP contribution in [0.1, 0.15) is 6.92 Å². The molecule has 17 heavy (non-hydrogen) atoms. The average Bonchev–Trinajstić information content (AvgIpc) is 2.35. The molecule has 1 aromatic rings. The van der Waals surface area contributed by atoms with Gasteiger partial charge in [0, 0.05) is 0 Å². The number of ether oxygens (including phenoxy) is 3. The van der Waals surface area contributed by atoms with E-state index in [-0.39, 0.29) is 12.6 Å². The summed E-state index contributed by atoms with van der Waals surface area (Å²) in [5.41, 5.74) is 0. The van der Waals surface area contributed by atoms with Gasteiger partial charge < -0.3 is 14.2 Å². The molecule has 0 heterocycles. The number of rotatable bonds is 7. The Morgan fingerprint density at radius 1 is 1.24 bits per heavy atom. The summed E-state index contributed by atoms with van der Waals surface area (Å²) in [6.45, 7) is 6.05. The predicted octanol–water partition coefficient (Wildman–Crippen LogP) is 2.19. The highest BCUT2D eigenvalue weighted by atomic mass is 16.6. The number of hydrogen-bond donors (Lipinski definition) is 0. The Kier molecular flexibility index (Phi) is 5.64. The van der Waals surface area contributed by atoms with Gasteiger partial charge in [0.15, 0.2) is 6.61 Å². The molecule has 0 aliphatic rings. The lowest BCUT2D eigenvalue weighted by Crippen LogP contribution is -2.14. The third kappa shape index (κ3) is 5.06. The van der Waals surface area contributed by atoms with Crippen LogP contribution >= 0.6 is 0 Å². The molecular weight excluding hydrogens is 220 g/mol. The van der Waals surface area contributed by atoms with E-state index in [0.29, 0.717) is 19.0 Å². The predicted molar refractivity (Wildman–Crippen MR) is 64.3 cm³/mol. The first-order valence-corrected chi connectivity index (χ1v) is 5.38. The van der Waals surface area contributed by atoms with E-state index in [9.17, 15) is 4.79 Å². The second kappa shape index (κ2) is 7.33. The second-order valence-electron chi connectivity index (χ2n) is 3.16. The molecule has 0 amide bonds. The molecule has 0 bridgehead atoms. The molecule has 0 aromatic heterocycles. The maximum atomic E-state index is 11.0. The van der Waals surface area contributed by atoms with Crippen LogP contribution < -0.4 is 9.47 Å².